The van der Waals surface area contributed by atoms with Crippen LogP contribution in [0.2, 0.25) is 0 Å². The molecule has 0 fully saturated rings. The van der Waals surface area contributed by atoms with Crippen LogP contribution in [0.4, 0.5) is 0 Å². The second-order valence-electron chi connectivity index (χ2n) is 33.5. The maximum absolute atomic E-state index is 5.81. The molecule has 0 aromatic rings. The van der Waals surface area contributed by atoms with Crippen molar-refractivity contribution in [2.45, 2.75) is 348 Å². The Labute approximate surface area is 445 Å². The van der Waals surface area contributed by atoms with Crippen molar-refractivity contribution in [1.29, 1.82) is 0 Å². The second kappa shape index (κ2) is 33.0. The lowest BCUT2D eigenvalue weighted by Gasteiger charge is -2.30. The Balaban J connectivity index is -0.000000176. The molecule has 4 atom stereocenters. The van der Waals surface area contributed by atoms with E-state index in [0.717, 1.165) is 52.1 Å². The maximum Gasteiger partial charge on any atom is 0.0602 e. The molecule has 0 N–H and O–H groups in total. The van der Waals surface area contributed by atoms with Gasteiger partial charge in [0.2, 0.25) is 0 Å². The molecule has 0 bridgehead atoms. The molecule has 70 heavy (non-hydrogen) atoms. The molecule has 0 aromatic heterocycles. The number of rotatable bonds is 12. The summed E-state index contributed by atoms with van der Waals surface area (Å²) in [6.07, 6.45) is 5.19. The lowest BCUT2D eigenvalue weighted by molar-refractivity contribution is -0.0656. The smallest absolute Gasteiger partial charge is 0.0602 e. The molecular weight excluding hydrogens is 865 g/mol. The minimum atomic E-state index is -0.00926. The van der Waals surface area contributed by atoms with E-state index in [2.05, 4.69) is 277 Å². The van der Waals surface area contributed by atoms with Crippen molar-refractivity contribution < 1.29 is 28.4 Å². The van der Waals surface area contributed by atoms with Gasteiger partial charge in [-0.1, -0.05) is 138 Å². The predicted octanol–water partition coefficient (Wildman–Crippen LogP) is 20.7. The summed E-state index contributed by atoms with van der Waals surface area (Å²) in [5.74, 6) is 1.22. The molecule has 4 unspecified atom stereocenters. The fourth-order valence-corrected chi connectivity index (χ4v) is 5.59. The molecule has 432 valence electrons. The van der Waals surface area contributed by atoms with Crippen molar-refractivity contribution in [1.82, 2.24) is 0 Å². The van der Waals surface area contributed by atoms with Crippen LogP contribution in [0.1, 0.15) is 303 Å². The van der Waals surface area contributed by atoms with E-state index in [9.17, 15) is 0 Å². The number of hydrogen-bond acceptors (Lipinski definition) is 6. The van der Waals surface area contributed by atoms with Crippen LogP contribution in [0.5, 0.6) is 0 Å². The lowest BCUT2D eigenvalue weighted by atomic mass is 9.83. The zero-order valence-electron chi connectivity index (χ0n) is 56.4. The summed E-state index contributed by atoms with van der Waals surface area (Å²) < 4.78 is 34.3. The van der Waals surface area contributed by atoms with Gasteiger partial charge in [0.25, 0.3) is 0 Å². The van der Waals surface area contributed by atoms with Crippen molar-refractivity contribution in [2.75, 3.05) is 26.4 Å². The van der Waals surface area contributed by atoms with E-state index >= 15 is 0 Å². The first-order valence-electron chi connectivity index (χ1n) is 27.8. The molecule has 0 aliphatic heterocycles. The molecule has 6 heteroatoms. The van der Waals surface area contributed by atoms with Gasteiger partial charge in [0.05, 0.1) is 59.0 Å². The van der Waals surface area contributed by atoms with E-state index in [1.54, 1.807) is 0 Å². The van der Waals surface area contributed by atoms with E-state index < -0.39 is 0 Å². The normalized spacial score (nSPS) is 15.4. The Hall–Kier alpha value is -0.240. The van der Waals surface area contributed by atoms with Gasteiger partial charge in [-0.15, -0.1) is 0 Å². The third-order valence-corrected chi connectivity index (χ3v) is 10.2. The Morgan fingerprint density at radius 1 is 0.257 bits per heavy atom. The van der Waals surface area contributed by atoms with E-state index in [1.807, 2.05) is 0 Å². The predicted molar refractivity (Wildman–Crippen MR) is 317 cm³/mol. The summed E-state index contributed by atoms with van der Waals surface area (Å²) in [7, 11) is 0. The molecule has 0 aromatic carbocycles. The molecule has 0 aliphatic rings. The highest BCUT2D eigenvalue weighted by Gasteiger charge is 2.25. The minimum Gasteiger partial charge on any atom is -0.376 e. The summed E-state index contributed by atoms with van der Waals surface area (Å²) in [5.41, 5.74) is 2.24. The summed E-state index contributed by atoms with van der Waals surface area (Å²) in [4.78, 5) is 0. The average Bonchev–Trinajstić information content (AvgIpc) is 2.96. The van der Waals surface area contributed by atoms with Crippen LogP contribution < -0.4 is 0 Å². The molecule has 0 rings (SSSR count). The van der Waals surface area contributed by atoms with E-state index in [0.29, 0.717) is 56.5 Å². The molecule has 0 radical (unpaired) electrons. The summed E-state index contributed by atoms with van der Waals surface area (Å²) in [6.45, 7) is 90.4. The van der Waals surface area contributed by atoms with Gasteiger partial charge in [0.1, 0.15) is 0 Å². The summed E-state index contributed by atoms with van der Waals surface area (Å²) in [6, 6.07) is 0. The number of ether oxygens (including phenoxy) is 6. The first-order chi connectivity index (χ1) is 29.9. The highest BCUT2D eigenvalue weighted by atomic mass is 16.5. The average molecular weight is 1010 g/mol. The monoisotopic (exact) mass is 1010 g/mol. The first-order valence-corrected chi connectivity index (χ1v) is 27.8. The Kier molecular flexibility index (Phi) is 38.3. The van der Waals surface area contributed by atoms with Crippen molar-refractivity contribution in [3.8, 4) is 0 Å². The van der Waals surface area contributed by atoms with Crippen LogP contribution in [0.25, 0.3) is 0 Å². The van der Waals surface area contributed by atoms with Gasteiger partial charge >= 0.3 is 0 Å². The van der Waals surface area contributed by atoms with Gasteiger partial charge in [-0.3, -0.25) is 0 Å². The number of hydrogen-bond donors (Lipinski definition) is 0. The zero-order valence-corrected chi connectivity index (χ0v) is 56.4. The Morgan fingerprint density at radius 3 is 0.586 bits per heavy atom. The van der Waals surface area contributed by atoms with Crippen molar-refractivity contribution in [3.05, 3.63) is 0 Å². The van der Waals surface area contributed by atoms with Crippen LogP contribution in [-0.4, -0.2) is 72.2 Å². The van der Waals surface area contributed by atoms with Gasteiger partial charge in [-0.2, -0.15) is 0 Å². The van der Waals surface area contributed by atoms with E-state index in [4.69, 9.17) is 28.4 Å². The largest absolute Gasteiger partial charge is 0.376 e. The lowest BCUT2D eigenvalue weighted by Crippen LogP contribution is -2.28. The molecule has 0 saturated heterocycles. The second-order valence-corrected chi connectivity index (χ2v) is 33.5. The van der Waals surface area contributed by atoms with Gasteiger partial charge < -0.3 is 28.4 Å². The van der Waals surface area contributed by atoms with E-state index in [1.165, 1.54) is 0 Å². The quantitative estimate of drug-likeness (QED) is 0.194. The molecule has 0 amide bonds. The summed E-state index contributed by atoms with van der Waals surface area (Å²) >= 11 is 0. The fraction of sp³-hybridized carbons (Fsp3) is 1.00. The highest BCUT2D eigenvalue weighted by Crippen LogP contribution is 2.29. The minimum absolute atomic E-state index is 0.000486. The molecule has 0 heterocycles. The van der Waals surface area contributed by atoms with Crippen molar-refractivity contribution >= 4 is 0 Å². The molecule has 6 nitrogen and oxygen atoms in total. The van der Waals surface area contributed by atoms with Crippen LogP contribution >= 0.6 is 0 Å². The highest BCUT2D eigenvalue weighted by molar-refractivity contribution is 4.74. The standard InChI is InChI=1S/4C11H24O.2C10H22O/c2*1-9(10(2,3)4)8-12-11(5,6)7;2*1-9(8-10(2,3)4)12-11(5,6)7;2*1-9(2,3)7-8-11-10(4,5)6/h4*9H,8H2,1-7H3;2*7-8H2,1-6H3. The van der Waals surface area contributed by atoms with Gasteiger partial charge in [0, 0.05) is 13.2 Å². The van der Waals surface area contributed by atoms with Crippen LogP contribution in [-0.2, 0) is 28.4 Å². The van der Waals surface area contributed by atoms with E-state index in [-0.39, 0.29) is 33.6 Å². The van der Waals surface area contributed by atoms with Gasteiger partial charge in [-0.05, 0) is 208 Å². The zero-order chi connectivity index (χ0) is 58.2. The Morgan fingerprint density at radius 2 is 0.457 bits per heavy atom. The summed E-state index contributed by atoms with van der Waals surface area (Å²) in [5, 5.41) is 0. The van der Waals surface area contributed by atoms with Crippen molar-refractivity contribution in [2.24, 2.45) is 44.3 Å². The van der Waals surface area contributed by atoms with Gasteiger partial charge in [-0.25, -0.2) is 0 Å². The SMILES string of the molecule is CC(C)(C)CCOC(C)(C)C.CC(C)(C)CCOC(C)(C)C.CC(CC(C)(C)C)OC(C)(C)C.CC(CC(C)(C)C)OC(C)(C)C.CC(COC(C)(C)C)C(C)(C)C.CC(COC(C)(C)C)C(C)(C)C. The maximum atomic E-state index is 5.81. The molecule has 0 saturated carbocycles. The molecule has 0 aliphatic carbocycles. The third kappa shape index (κ3) is 84.6. The topological polar surface area (TPSA) is 55.4 Å². The first kappa shape index (κ1) is 81.1. The van der Waals surface area contributed by atoms with Crippen LogP contribution in [0.15, 0.2) is 0 Å². The van der Waals surface area contributed by atoms with Crippen LogP contribution in [0, 0.1) is 44.3 Å². The van der Waals surface area contributed by atoms with Gasteiger partial charge in [0.15, 0.2) is 0 Å². The molecular formula is C64H140O6. The third-order valence-electron chi connectivity index (χ3n) is 10.2. The van der Waals surface area contributed by atoms with Crippen LogP contribution in [0.3, 0.4) is 0 Å². The fourth-order valence-electron chi connectivity index (χ4n) is 5.59. The molecule has 0 spiro atoms. The Bertz CT molecular complexity index is 1050. The van der Waals surface area contributed by atoms with Crippen molar-refractivity contribution in [3.63, 3.8) is 0 Å².